The van der Waals surface area contributed by atoms with Crippen LogP contribution in [0.4, 0.5) is 0 Å². The van der Waals surface area contributed by atoms with Crippen LogP contribution in [0.25, 0.3) is 0 Å². The van der Waals surface area contributed by atoms with Gasteiger partial charge in [-0.25, -0.2) is 4.79 Å². The van der Waals surface area contributed by atoms with Crippen molar-refractivity contribution < 1.29 is 9.53 Å². The van der Waals surface area contributed by atoms with E-state index < -0.39 is 0 Å². The fourth-order valence-electron chi connectivity index (χ4n) is 1.40. The summed E-state index contributed by atoms with van der Waals surface area (Å²) in [5.41, 5.74) is 1.63. The first-order valence-corrected chi connectivity index (χ1v) is 6.81. The van der Waals surface area contributed by atoms with Crippen LogP contribution in [0.1, 0.15) is 15.9 Å². The van der Waals surface area contributed by atoms with E-state index in [4.69, 9.17) is 16.3 Å². The summed E-state index contributed by atoms with van der Waals surface area (Å²) in [6.45, 7) is 0. The van der Waals surface area contributed by atoms with Gasteiger partial charge < -0.3 is 4.74 Å². The van der Waals surface area contributed by atoms with Crippen LogP contribution >= 0.6 is 27.5 Å². The summed E-state index contributed by atoms with van der Waals surface area (Å²) in [7, 11) is 0. The Bertz CT molecular complexity index is 535. The fraction of sp³-hybridized carbons (Fsp3) is 0.0714. The number of carbonyl (C=O) groups excluding carboxylic acids is 1. The van der Waals surface area contributed by atoms with E-state index in [0.29, 0.717) is 16.3 Å². The van der Waals surface area contributed by atoms with Crippen LogP contribution in [-0.2, 0) is 5.33 Å². The van der Waals surface area contributed by atoms with E-state index in [0.717, 1.165) is 10.9 Å². The van der Waals surface area contributed by atoms with Gasteiger partial charge in [-0.2, -0.15) is 0 Å². The normalized spacial score (nSPS) is 10.1. The number of carbonyl (C=O) groups is 1. The highest BCUT2D eigenvalue weighted by molar-refractivity contribution is 9.08. The molecule has 0 aliphatic heterocycles. The maximum atomic E-state index is 11.8. The molecule has 0 radical (unpaired) electrons. The molecule has 92 valence electrons. The fourth-order valence-corrected chi connectivity index (χ4v) is 1.90. The van der Waals surface area contributed by atoms with Crippen LogP contribution < -0.4 is 4.74 Å². The molecule has 0 spiro atoms. The van der Waals surface area contributed by atoms with E-state index in [1.54, 1.807) is 36.4 Å². The number of esters is 1. The summed E-state index contributed by atoms with van der Waals surface area (Å²) >= 11 is 9.10. The van der Waals surface area contributed by atoms with Gasteiger partial charge in [-0.1, -0.05) is 39.7 Å². The molecule has 0 aliphatic rings. The number of benzene rings is 2. The molecule has 0 heterocycles. The van der Waals surface area contributed by atoms with Crippen molar-refractivity contribution >= 4 is 33.5 Å². The second-order valence-corrected chi connectivity index (χ2v) is 4.67. The van der Waals surface area contributed by atoms with Gasteiger partial charge in [0.1, 0.15) is 5.75 Å². The Hall–Kier alpha value is -1.32. The van der Waals surface area contributed by atoms with Gasteiger partial charge in [-0.15, -0.1) is 0 Å². The molecule has 0 saturated heterocycles. The van der Waals surface area contributed by atoms with Crippen LogP contribution in [0.2, 0.25) is 5.02 Å². The van der Waals surface area contributed by atoms with Crippen molar-refractivity contribution in [1.29, 1.82) is 0 Å². The number of rotatable bonds is 3. The zero-order chi connectivity index (χ0) is 13.0. The maximum absolute atomic E-state index is 11.8. The van der Waals surface area contributed by atoms with E-state index in [1.807, 2.05) is 12.1 Å². The van der Waals surface area contributed by atoms with Crippen LogP contribution in [0, 0.1) is 0 Å². The summed E-state index contributed by atoms with van der Waals surface area (Å²) in [5.74, 6) is 0.104. The lowest BCUT2D eigenvalue weighted by atomic mass is 10.1. The lowest BCUT2D eigenvalue weighted by Gasteiger charge is -2.04. The molecule has 2 rings (SSSR count). The van der Waals surface area contributed by atoms with Gasteiger partial charge in [0.25, 0.3) is 0 Å². The van der Waals surface area contributed by atoms with Gasteiger partial charge in [0.05, 0.1) is 5.56 Å². The van der Waals surface area contributed by atoms with Crippen molar-refractivity contribution in [2.45, 2.75) is 5.33 Å². The van der Waals surface area contributed by atoms with Crippen LogP contribution in [0.15, 0.2) is 48.5 Å². The Morgan fingerprint density at radius 2 is 1.67 bits per heavy atom. The number of hydrogen-bond acceptors (Lipinski definition) is 2. The van der Waals surface area contributed by atoms with E-state index in [9.17, 15) is 4.79 Å². The second kappa shape index (κ2) is 6.03. The molecule has 0 saturated carbocycles. The van der Waals surface area contributed by atoms with Crippen molar-refractivity contribution in [3.63, 3.8) is 0 Å². The maximum Gasteiger partial charge on any atom is 0.343 e. The molecule has 0 aliphatic carbocycles. The first kappa shape index (κ1) is 13.1. The Balaban J connectivity index is 2.09. The molecule has 0 unspecified atom stereocenters. The third-order valence-electron chi connectivity index (χ3n) is 2.37. The third-order valence-corrected chi connectivity index (χ3v) is 3.27. The molecule has 0 atom stereocenters. The Labute approximate surface area is 119 Å². The van der Waals surface area contributed by atoms with Crippen LogP contribution in [0.5, 0.6) is 5.75 Å². The molecule has 0 fully saturated rings. The quantitative estimate of drug-likeness (QED) is 0.473. The number of hydrogen-bond donors (Lipinski definition) is 0. The molecule has 18 heavy (non-hydrogen) atoms. The summed E-state index contributed by atoms with van der Waals surface area (Å²) < 4.78 is 5.22. The zero-order valence-corrected chi connectivity index (χ0v) is 11.7. The highest BCUT2D eigenvalue weighted by Crippen LogP contribution is 2.17. The first-order valence-electron chi connectivity index (χ1n) is 5.31. The van der Waals surface area contributed by atoms with Gasteiger partial charge in [0.15, 0.2) is 0 Å². The molecular weight excluding hydrogens is 316 g/mol. The van der Waals surface area contributed by atoms with E-state index in [2.05, 4.69) is 15.9 Å². The van der Waals surface area contributed by atoms with E-state index in [-0.39, 0.29) is 5.97 Å². The monoisotopic (exact) mass is 324 g/mol. The zero-order valence-electron chi connectivity index (χ0n) is 9.40. The number of ether oxygens (including phenoxy) is 1. The van der Waals surface area contributed by atoms with E-state index >= 15 is 0 Å². The summed E-state index contributed by atoms with van der Waals surface area (Å²) in [6.07, 6.45) is 0. The predicted molar refractivity (Wildman–Crippen MR) is 75.5 cm³/mol. The molecule has 0 amide bonds. The molecule has 0 bridgehead atoms. The summed E-state index contributed by atoms with van der Waals surface area (Å²) in [4.78, 5) is 11.8. The minimum absolute atomic E-state index is 0.376. The van der Waals surface area contributed by atoms with Crippen LogP contribution in [-0.4, -0.2) is 5.97 Å². The first-order chi connectivity index (χ1) is 8.69. The molecule has 0 N–H and O–H groups in total. The SMILES string of the molecule is O=C(Oc1ccc(Cl)cc1)c1ccc(CBr)cc1. The molecular formula is C14H10BrClO2. The van der Waals surface area contributed by atoms with Crippen molar-refractivity contribution in [1.82, 2.24) is 0 Å². The van der Waals surface area contributed by atoms with Gasteiger partial charge in [-0.3, -0.25) is 0 Å². The number of alkyl halides is 1. The predicted octanol–water partition coefficient (Wildman–Crippen LogP) is 4.45. The molecule has 4 heteroatoms. The average Bonchev–Trinajstić information content (AvgIpc) is 2.41. The van der Waals surface area contributed by atoms with E-state index in [1.165, 1.54) is 0 Å². The lowest BCUT2D eigenvalue weighted by Crippen LogP contribution is -2.08. The molecule has 0 aromatic heterocycles. The Morgan fingerprint density at radius 3 is 2.22 bits per heavy atom. The largest absolute Gasteiger partial charge is 0.423 e. The van der Waals surface area contributed by atoms with Gasteiger partial charge in [-0.05, 0) is 42.0 Å². The molecule has 2 aromatic rings. The number of halogens is 2. The Kier molecular flexibility index (Phi) is 4.39. The smallest absolute Gasteiger partial charge is 0.343 e. The molecule has 2 aromatic carbocycles. The van der Waals surface area contributed by atoms with Crippen molar-refractivity contribution in [2.75, 3.05) is 0 Å². The standard InChI is InChI=1S/C14H10BrClO2/c15-9-10-1-3-11(4-2-10)14(17)18-13-7-5-12(16)6-8-13/h1-8H,9H2. The second-order valence-electron chi connectivity index (χ2n) is 3.67. The van der Waals surface area contributed by atoms with Crippen molar-refractivity contribution in [3.05, 3.63) is 64.7 Å². The Morgan fingerprint density at radius 1 is 1.06 bits per heavy atom. The summed E-state index contributed by atoms with van der Waals surface area (Å²) in [5, 5.41) is 1.37. The topological polar surface area (TPSA) is 26.3 Å². The highest BCUT2D eigenvalue weighted by atomic mass is 79.9. The minimum atomic E-state index is -0.376. The average molecular weight is 326 g/mol. The third kappa shape index (κ3) is 3.34. The highest BCUT2D eigenvalue weighted by Gasteiger charge is 2.08. The van der Waals surface area contributed by atoms with Gasteiger partial charge >= 0.3 is 5.97 Å². The van der Waals surface area contributed by atoms with Crippen molar-refractivity contribution in [2.24, 2.45) is 0 Å². The van der Waals surface area contributed by atoms with Gasteiger partial charge in [0.2, 0.25) is 0 Å². The lowest BCUT2D eigenvalue weighted by molar-refractivity contribution is 0.0735. The minimum Gasteiger partial charge on any atom is -0.423 e. The summed E-state index contributed by atoms with van der Waals surface area (Å²) in [6, 6.07) is 13.9. The van der Waals surface area contributed by atoms with Crippen LogP contribution in [0.3, 0.4) is 0 Å². The molecule has 2 nitrogen and oxygen atoms in total. The van der Waals surface area contributed by atoms with Gasteiger partial charge in [0, 0.05) is 10.4 Å². The van der Waals surface area contributed by atoms with Crippen molar-refractivity contribution in [3.8, 4) is 5.75 Å².